The van der Waals surface area contributed by atoms with E-state index in [2.05, 4.69) is 16.0 Å². The van der Waals surface area contributed by atoms with E-state index in [4.69, 9.17) is 11.6 Å². The second-order valence-electron chi connectivity index (χ2n) is 5.62. The normalized spacial score (nSPS) is 15.2. The van der Waals surface area contributed by atoms with Gasteiger partial charge in [0.15, 0.2) is 5.78 Å². The van der Waals surface area contributed by atoms with Gasteiger partial charge in [-0.2, -0.15) is 5.26 Å². The Bertz CT molecular complexity index is 744. The van der Waals surface area contributed by atoms with Crippen molar-refractivity contribution in [3.05, 3.63) is 58.7 Å². The van der Waals surface area contributed by atoms with Gasteiger partial charge in [0.05, 0.1) is 5.56 Å². The Morgan fingerprint density at radius 2 is 1.91 bits per heavy atom. The number of carbonyl (C=O) groups excluding carboxylic acids is 1. The van der Waals surface area contributed by atoms with E-state index in [1.165, 1.54) is 0 Å². The second kappa shape index (κ2) is 6.80. The van der Waals surface area contributed by atoms with Gasteiger partial charge in [-0.1, -0.05) is 11.6 Å². The summed E-state index contributed by atoms with van der Waals surface area (Å²) < 4.78 is 0. The maximum Gasteiger partial charge on any atom is 0.166 e. The fourth-order valence-electron chi connectivity index (χ4n) is 2.94. The summed E-state index contributed by atoms with van der Waals surface area (Å²) in [7, 11) is 0. The topological polar surface area (TPSA) is 57.0 Å². The molecule has 5 heteroatoms. The molecule has 1 aliphatic heterocycles. The number of carbonyl (C=O) groups is 1. The number of halogens is 1. The number of ketones is 1. The molecule has 0 radical (unpaired) electrons. The van der Waals surface area contributed by atoms with Gasteiger partial charge in [0, 0.05) is 35.8 Å². The molecule has 0 unspecified atom stereocenters. The first kappa shape index (κ1) is 15.5. The van der Waals surface area contributed by atoms with Crippen molar-refractivity contribution in [2.45, 2.75) is 12.8 Å². The fourth-order valence-corrected chi connectivity index (χ4v) is 3.07. The number of Topliss-reactive ketones (excluding diaryl/α,β-unsaturated/α-hetero) is 1. The number of nitrogens with zero attached hydrogens (tertiary/aromatic N) is 3. The highest BCUT2D eigenvalue weighted by atomic mass is 35.5. The monoisotopic (exact) mass is 325 g/mol. The van der Waals surface area contributed by atoms with Gasteiger partial charge in [0.1, 0.15) is 11.9 Å². The van der Waals surface area contributed by atoms with Crippen LogP contribution in [0.2, 0.25) is 5.02 Å². The van der Waals surface area contributed by atoms with Gasteiger partial charge in [0.25, 0.3) is 0 Å². The van der Waals surface area contributed by atoms with Gasteiger partial charge in [-0.3, -0.25) is 4.79 Å². The van der Waals surface area contributed by atoms with Crippen LogP contribution in [0.5, 0.6) is 0 Å². The van der Waals surface area contributed by atoms with Gasteiger partial charge in [-0.05, 0) is 49.2 Å². The van der Waals surface area contributed by atoms with E-state index in [0.717, 1.165) is 25.9 Å². The molecule has 1 aromatic heterocycles. The quantitative estimate of drug-likeness (QED) is 0.807. The van der Waals surface area contributed by atoms with Crippen LogP contribution in [-0.4, -0.2) is 23.9 Å². The van der Waals surface area contributed by atoms with Gasteiger partial charge < -0.3 is 4.90 Å². The summed E-state index contributed by atoms with van der Waals surface area (Å²) in [6.07, 6.45) is 3.23. The van der Waals surface area contributed by atoms with Crippen molar-refractivity contribution >= 4 is 23.2 Å². The first-order chi connectivity index (χ1) is 11.2. The number of aromatic nitrogens is 1. The second-order valence-corrected chi connectivity index (χ2v) is 6.06. The summed E-state index contributed by atoms with van der Waals surface area (Å²) in [5.41, 5.74) is 1.29. The van der Waals surface area contributed by atoms with E-state index in [1.807, 2.05) is 0 Å². The highest BCUT2D eigenvalue weighted by Gasteiger charge is 2.27. The van der Waals surface area contributed by atoms with Crippen molar-refractivity contribution in [2.24, 2.45) is 5.92 Å². The summed E-state index contributed by atoms with van der Waals surface area (Å²) in [6.45, 7) is 1.46. The van der Waals surface area contributed by atoms with Crippen LogP contribution in [0.3, 0.4) is 0 Å². The molecule has 0 amide bonds. The first-order valence-electron chi connectivity index (χ1n) is 7.59. The molecule has 116 valence electrons. The lowest BCUT2D eigenvalue weighted by molar-refractivity contribution is 0.0900. The number of anilines is 1. The van der Waals surface area contributed by atoms with Gasteiger partial charge >= 0.3 is 0 Å². The van der Waals surface area contributed by atoms with Crippen LogP contribution in [0.1, 0.15) is 28.8 Å². The molecular formula is C18H16ClN3O. The Balaban J connectivity index is 1.68. The zero-order valence-electron chi connectivity index (χ0n) is 12.6. The van der Waals surface area contributed by atoms with E-state index in [1.54, 1.807) is 42.6 Å². The molecule has 2 aromatic rings. The molecule has 0 bridgehead atoms. The molecule has 4 nitrogen and oxygen atoms in total. The lowest BCUT2D eigenvalue weighted by Gasteiger charge is -2.32. The number of rotatable bonds is 3. The zero-order chi connectivity index (χ0) is 16.2. The van der Waals surface area contributed by atoms with Crippen LogP contribution in [0.25, 0.3) is 0 Å². The highest BCUT2D eigenvalue weighted by Crippen LogP contribution is 2.26. The largest absolute Gasteiger partial charge is 0.355 e. The van der Waals surface area contributed by atoms with E-state index >= 15 is 0 Å². The number of hydrogen-bond acceptors (Lipinski definition) is 4. The molecule has 1 saturated heterocycles. The van der Waals surface area contributed by atoms with Crippen molar-refractivity contribution < 1.29 is 4.79 Å². The third-order valence-corrected chi connectivity index (χ3v) is 4.45. The molecule has 0 N–H and O–H groups in total. The summed E-state index contributed by atoms with van der Waals surface area (Å²) in [4.78, 5) is 19.0. The average molecular weight is 326 g/mol. The van der Waals surface area contributed by atoms with Crippen molar-refractivity contribution in [1.29, 1.82) is 5.26 Å². The Morgan fingerprint density at radius 3 is 2.57 bits per heavy atom. The third-order valence-electron chi connectivity index (χ3n) is 4.20. The van der Waals surface area contributed by atoms with Crippen molar-refractivity contribution in [2.75, 3.05) is 18.0 Å². The van der Waals surface area contributed by atoms with Crippen molar-refractivity contribution in [1.82, 2.24) is 4.98 Å². The predicted octanol–water partition coefficient (Wildman–Crippen LogP) is 3.71. The van der Waals surface area contributed by atoms with Crippen LogP contribution >= 0.6 is 11.6 Å². The maximum atomic E-state index is 12.5. The minimum Gasteiger partial charge on any atom is -0.355 e. The van der Waals surface area contributed by atoms with E-state index in [-0.39, 0.29) is 11.7 Å². The number of pyridine rings is 1. The molecule has 1 aromatic carbocycles. The molecule has 1 fully saturated rings. The van der Waals surface area contributed by atoms with Crippen LogP contribution in [0.4, 0.5) is 5.82 Å². The summed E-state index contributed by atoms with van der Waals surface area (Å²) in [5.74, 6) is 0.900. The Labute approximate surface area is 140 Å². The van der Waals surface area contributed by atoms with Crippen molar-refractivity contribution in [3.8, 4) is 6.07 Å². The lowest BCUT2D eigenvalue weighted by Crippen LogP contribution is -2.37. The minimum atomic E-state index is 0.0154. The van der Waals surface area contributed by atoms with Crippen molar-refractivity contribution in [3.63, 3.8) is 0 Å². The van der Waals surface area contributed by atoms with Crippen LogP contribution < -0.4 is 4.90 Å². The number of piperidine rings is 1. The van der Waals surface area contributed by atoms with Gasteiger partial charge in [0.2, 0.25) is 0 Å². The third kappa shape index (κ3) is 3.35. The number of nitriles is 1. The molecule has 0 spiro atoms. The van der Waals surface area contributed by atoms with Gasteiger partial charge in [-0.15, -0.1) is 0 Å². The van der Waals surface area contributed by atoms with Crippen LogP contribution in [0.15, 0.2) is 42.6 Å². The van der Waals surface area contributed by atoms with E-state index < -0.39 is 0 Å². The SMILES string of the molecule is N#Cc1cccnc1N1CCC(C(=O)c2ccc(Cl)cc2)CC1. The number of benzene rings is 1. The Kier molecular flexibility index (Phi) is 4.59. The lowest BCUT2D eigenvalue weighted by atomic mass is 9.89. The molecule has 2 heterocycles. The first-order valence-corrected chi connectivity index (χ1v) is 7.96. The molecule has 0 saturated carbocycles. The summed E-state index contributed by atoms with van der Waals surface area (Å²) in [5, 5.41) is 9.81. The smallest absolute Gasteiger partial charge is 0.166 e. The predicted molar refractivity (Wildman–Crippen MR) is 89.7 cm³/mol. The summed E-state index contributed by atoms with van der Waals surface area (Å²) in [6, 6.07) is 12.8. The van der Waals surface area contributed by atoms with Crippen LogP contribution in [-0.2, 0) is 0 Å². The molecule has 23 heavy (non-hydrogen) atoms. The van der Waals surface area contributed by atoms with Gasteiger partial charge in [-0.25, -0.2) is 4.98 Å². The minimum absolute atomic E-state index is 0.0154. The van der Waals surface area contributed by atoms with E-state index in [0.29, 0.717) is 22.0 Å². The average Bonchev–Trinajstić information content (AvgIpc) is 2.62. The maximum absolute atomic E-state index is 12.5. The fraction of sp³-hybridized carbons (Fsp3) is 0.278. The Morgan fingerprint density at radius 1 is 1.22 bits per heavy atom. The highest BCUT2D eigenvalue weighted by molar-refractivity contribution is 6.30. The molecule has 1 aliphatic rings. The molecular weight excluding hydrogens is 310 g/mol. The standard InChI is InChI=1S/C18H16ClN3O/c19-16-5-3-13(4-6-16)17(23)14-7-10-22(11-8-14)18-15(12-20)2-1-9-21-18/h1-6,9,14H,7-8,10-11H2. The Hall–Kier alpha value is -2.38. The summed E-state index contributed by atoms with van der Waals surface area (Å²) >= 11 is 5.87. The van der Waals surface area contributed by atoms with Crippen LogP contribution in [0, 0.1) is 17.2 Å². The molecule has 0 atom stereocenters. The van der Waals surface area contributed by atoms with E-state index in [9.17, 15) is 10.1 Å². The molecule has 0 aliphatic carbocycles. The molecule has 3 rings (SSSR count). The number of hydrogen-bond donors (Lipinski definition) is 0. The zero-order valence-corrected chi connectivity index (χ0v) is 13.3.